The lowest BCUT2D eigenvalue weighted by atomic mass is 10.1. The van der Waals surface area contributed by atoms with Crippen LogP contribution in [0.5, 0.6) is 0 Å². The van der Waals surface area contributed by atoms with Gasteiger partial charge in [0.25, 0.3) is 0 Å². The van der Waals surface area contributed by atoms with Gasteiger partial charge in [-0.1, -0.05) is 25.5 Å². The average Bonchev–Trinajstić information content (AvgIpc) is 3.08. The van der Waals surface area contributed by atoms with Crippen molar-refractivity contribution >= 4 is 34.2 Å². The number of hydrogen-bond donors (Lipinski definition) is 1. The summed E-state index contributed by atoms with van der Waals surface area (Å²) in [6.07, 6.45) is 4.56. The molecule has 0 spiro atoms. The Hall–Kier alpha value is -2.40. The van der Waals surface area contributed by atoms with Crippen molar-refractivity contribution in [3.8, 4) is 5.69 Å². The lowest BCUT2D eigenvalue weighted by Crippen LogP contribution is -2.12. The fourth-order valence-corrected chi connectivity index (χ4v) is 3.07. The monoisotopic (exact) mass is 384 g/mol. The van der Waals surface area contributed by atoms with E-state index in [1.54, 1.807) is 4.80 Å². The normalized spacial score (nSPS) is 11.1. The maximum absolute atomic E-state index is 12.0. The number of nitrogens with zero attached hydrogens (tertiary/aromatic N) is 3. The Morgan fingerprint density at radius 3 is 2.48 bits per heavy atom. The second-order valence-electron chi connectivity index (χ2n) is 6.76. The molecule has 3 aromatic rings. The minimum atomic E-state index is -0.0341. The molecular weight excluding hydrogens is 360 g/mol. The quantitative estimate of drug-likeness (QED) is 0.554. The van der Waals surface area contributed by atoms with E-state index >= 15 is 0 Å². The number of carbonyl (C=O) groups excluding carboxylic acids is 1. The molecule has 1 amide bonds. The fraction of sp³-hybridized carbons (Fsp3) is 0.381. The minimum absolute atomic E-state index is 0.0341. The van der Waals surface area contributed by atoms with Crippen LogP contribution in [-0.2, 0) is 11.2 Å². The Kier molecular flexibility index (Phi) is 6.45. The zero-order valence-corrected chi connectivity index (χ0v) is 16.6. The Bertz CT molecular complexity index is 918. The van der Waals surface area contributed by atoms with E-state index in [2.05, 4.69) is 34.6 Å². The maximum atomic E-state index is 12.0. The number of unbranched alkanes of at least 4 members (excludes halogenated alkanes) is 1. The molecule has 1 aromatic heterocycles. The number of aromatic nitrogens is 3. The summed E-state index contributed by atoms with van der Waals surface area (Å²) in [6.45, 7) is 4.16. The number of aryl methyl sites for hydroxylation is 2. The number of alkyl halides is 1. The van der Waals surface area contributed by atoms with Crippen LogP contribution in [0.4, 0.5) is 5.69 Å². The van der Waals surface area contributed by atoms with Crippen LogP contribution >= 0.6 is 11.6 Å². The van der Waals surface area contributed by atoms with Gasteiger partial charge in [-0.05, 0) is 61.6 Å². The van der Waals surface area contributed by atoms with Gasteiger partial charge in [-0.2, -0.15) is 4.80 Å². The summed E-state index contributed by atoms with van der Waals surface area (Å²) in [4.78, 5) is 13.6. The molecule has 0 aliphatic heterocycles. The van der Waals surface area contributed by atoms with Gasteiger partial charge in [0.05, 0.1) is 5.69 Å². The second-order valence-corrected chi connectivity index (χ2v) is 7.13. The van der Waals surface area contributed by atoms with E-state index in [-0.39, 0.29) is 5.91 Å². The number of hydrogen-bond acceptors (Lipinski definition) is 3. The Labute approximate surface area is 164 Å². The van der Waals surface area contributed by atoms with Gasteiger partial charge in [0, 0.05) is 18.0 Å². The molecule has 0 radical (unpaired) electrons. The highest BCUT2D eigenvalue weighted by Gasteiger charge is 2.10. The van der Waals surface area contributed by atoms with Crippen LogP contribution in [0.25, 0.3) is 16.7 Å². The van der Waals surface area contributed by atoms with E-state index < -0.39 is 0 Å². The molecule has 5 nitrogen and oxygen atoms in total. The van der Waals surface area contributed by atoms with Crippen molar-refractivity contribution in [1.29, 1.82) is 0 Å². The largest absolute Gasteiger partial charge is 0.326 e. The van der Waals surface area contributed by atoms with E-state index in [1.165, 1.54) is 18.4 Å². The number of carbonyl (C=O) groups is 1. The van der Waals surface area contributed by atoms with Crippen molar-refractivity contribution in [2.24, 2.45) is 0 Å². The summed E-state index contributed by atoms with van der Waals surface area (Å²) in [5.41, 5.74) is 5.55. The van der Waals surface area contributed by atoms with Crippen LogP contribution in [0.15, 0.2) is 36.4 Å². The van der Waals surface area contributed by atoms with Gasteiger partial charge in [-0.25, -0.2) is 0 Å². The zero-order chi connectivity index (χ0) is 19.2. The van der Waals surface area contributed by atoms with E-state index in [1.807, 2.05) is 31.2 Å². The average molecular weight is 385 g/mol. The molecule has 6 heteroatoms. The molecule has 0 bridgehead atoms. The van der Waals surface area contributed by atoms with Crippen molar-refractivity contribution in [1.82, 2.24) is 15.0 Å². The Balaban J connectivity index is 1.81. The predicted molar refractivity (Wildman–Crippen MR) is 111 cm³/mol. The van der Waals surface area contributed by atoms with Gasteiger partial charge in [0.15, 0.2) is 0 Å². The van der Waals surface area contributed by atoms with Crippen molar-refractivity contribution in [3.63, 3.8) is 0 Å². The molecule has 0 saturated heterocycles. The number of benzene rings is 2. The first-order chi connectivity index (χ1) is 13.1. The summed E-state index contributed by atoms with van der Waals surface area (Å²) in [5, 5.41) is 12.1. The number of amides is 1. The molecule has 0 atom stereocenters. The summed E-state index contributed by atoms with van der Waals surface area (Å²) in [7, 11) is 0. The third-order valence-corrected chi connectivity index (χ3v) is 4.79. The molecule has 0 unspecified atom stereocenters. The molecule has 1 N–H and O–H groups in total. The molecule has 142 valence electrons. The first-order valence-electron chi connectivity index (χ1n) is 9.43. The van der Waals surface area contributed by atoms with Crippen LogP contribution in [0.1, 0.15) is 43.7 Å². The van der Waals surface area contributed by atoms with Gasteiger partial charge in [0.1, 0.15) is 11.0 Å². The highest BCUT2D eigenvalue weighted by atomic mass is 35.5. The van der Waals surface area contributed by atoms with Crippen LogP contribution in [0.2, 0.25) is 0 Å². The van der Waals surface area contributed by atoms with Crippen LogP contribution in [0, 0.1) is 6.92 Å². The zero-order valence-electron chi connectivity index (χ0n) is 15.8. The standard InChI is InChI=1S/C21H25ClN4O/c1-3-4-6-16-8-10-17(11-9-16)26-24-19-13-15(2)18(14-20(19)25-26)23-21(27)7-5-12-22/h8-11,13-14H,3-7,12H2,1-2H3,(H,23,27). The number of fused-ring (bicyclic) bond motifs is 1. The van der Waals surface area contributed by atoms with Crippen LogP contribution < -0.4 is 5.32 Å². The maximum Gasteiger partial charge on any atom is 0.224 e. The molecule has 3 rings (SSSR count). The molecule has 0 aliphatic carbocycles. The molecule has 0 aliphatic rings. The number of nitrogens with one attached hydrogen (secondary N) is 1. The Morgan fingerprint density at radius 2 is 1.81 bits per heavy atom. The van der Waals surface area contributed by atoms with Gasteiger partial charge < -0.3 is 5.32 Å². The summed E-state index contributed by atoms with van der Waals surface area (Å²) >= 11 is 5.65. The van der Waals surface area contributed by atoms with Gasteiger partial charge >= 0.3 is 0 Å². The molecule has 1 heterocycles. The summed E-state index contributed by atoms with van der Waals surface area (Å²) in [5.74, 6) is 0.449. The molecule has 0 saturated carbocycles. The Morgan fingerprint density at radius 1 is 1.11 bits per heavy atom. The third kappa shape index (κ3) is 4.86. The third-order valence-electron chi connectivity index (χ3n) is 4.52. The van der Waals surface area contributed by atoms with Crippen molar-refractivity contribution in [2.75, 3.05) is 11.2 Å². The fourth-order valence-electron chi connectivity index (χ4n) is 2.93. The van der Waals surface area contributed by atoms with E-state index in [4.69, 9.17) is 11.6 Å². The minimum Gasteiger partial charge on any atom is -0.326 e. The lowest BCUT2D eigenvalue weighted by Gasteiger charge is -2.07. The first kappa shape index (κ1) is 19.4. The van der Waals surface area contributed by atoms with Crippen molar-refractivity contribution < 1.29 is 4.79 Å². The van der Waals surface area contributed by atoms with E-state index in [9.17, 15) is 4.79 Å². The van der Waals surface area contributed by atoms with E-state index in [0.717, 1.165) is 34.4 Å². The number of halogens is 1. The SMILES string of the molecule is CCCCc1ccc(-n2nc3cc(C)c(NC(=O)CCCCl)cc3n2)cc1. The van der Waals surface area contributed by atoms with E-state index in [0.29, 0.717) is 18.7 Å². The smallest absolute Gasteiger partial charge is 0.224 e. The number of anilines is 1. The van der Waals surface area contributed by atoms with Crippen molar-refractivity contribution in [2.45, 2.75) is 46.0 Å². The van der Waals surface area contributed by atoms with Gasteiger partial charge in [-0.15, -0.1) is 21.8 Å². The van der Waals surface area contributed by atoms with Gasteiger partial charge in [0.2, 0.25) is 5.91 Å². The second kappa shape index (κ2) is 9.00. The van der Waals surface area contributed by atoms with Crippen LogP contribution in [-0.4, -0.2) is 26.8 Å². The predicted octanol–water partition coefficient (Wildman–Crippen LogP) is 5.03. The first-order valence-corrected chi connectivity index (χ1v) is 9.97. The highest BCUT2D eigenvalue weighted by molar-refractivity contribution is 6.18. The molecule has 0 fully saturated rings. The topological polar surface area (TPSA) is 59.8 Å². The molecule has 2 aromatic carbocycles. The van der Waals surface area contributed by atoms with Crippen LogP contribution in [0.3, 0.4) is 0 Å². The highest BCUT2D eigenvalue weighted by Crippen LogP contribution is 2.22. The number of rotatable bonds is 8. The summed E-state index contributed by atoms with van der Waals surface area (Å²) in [6, 6.07) is 12.2. The van der Waals surface area contributed by atoms with Gasteiger partial charge in [-0.3, -0.25) is 4.79 Å². The molecular formula is C21H25ClN4O. The molecule has 27 heavy (non-hydrogen) atoms. The lowest BCUT2D eigenvalue weighted by molar-refractivity contribution is -0.116. The van der Waals surface area contributed by atoms with Crippen molar-refractivity contribution in [3.05, 3.63) is 47.5 Å². The summed E-state index contributed by atoms with van der Waals surface area (Å²) < 4.78 is 0.